The highest BCUT2D eigenvalue weighted by Crippen LogP contribution is 2.27. The van der Waals surface area contributed by atoms with E-state index in [9.17, 15) is 5.11 Å². The Morgan fingerprint density at radius 2 is 1.71 bits per heavy atom. The largest absolute Gasteiger partial charge is 0.393 e. The Morgan fingerprint density at radius 3 is 2.14 bits per heavy atom. The Labute approximate surface area is 89.9 Å². The number of aliphatic hydroxyl groups is 1. The molecule has 86 valence electrons. The van der Waals surface area contributed by atoms with Crippen LogP contribution in [-0.2, 0) is 0 Å². The van der Waals surface area contributed by atoms with Crippen molar-refractivity contribution in [3.05, 3.63) is 0 Å². The fraction of sp³-hybridized carbons (Fsp3) is 1.00. The fourth-order valence-corrected chi connectivity index (χ4v) is 1.99. The first-order chi connectivity index (χ1) is 6.37. The van der Waals surface area contributed by atoms with Crippen LogP contribution >= 0.6 is 0 Å². The van der Waals surface area contributed by atoms with Crippen LogP contribution in [0.4, 0.5) is 0 Å². The monoisotopic (exact) mass is 200 g/mol. The van der Waals surface area contributed by atoms with Gasteiger partial charge < -0.3 is 5.11 Å². The molecule has 0 spiro atoms. The molecule has 0 amide bonds. The van der Waals surface area contributed by atoms with Crippen molar-refractivity contribution < 1.29 is 5.11 Å². The van der Waals surface area contributed by atoms with E-state index in [2.05, 4.69) is 34.6 Å². The molecule has 0 saturated carbocycles. The van der Waals surface area contributed by atoms with Crippen LogP contribution < -0.4 is 0 Å². The van der Waals surface area contributed by atoms with Gasteiger partial charge in [-0.1, -0.05) is 53.9 Å². The first-order valence-corrected chi connectivity index (χ1v) is 6.05. The summed E-state index contributed by atoms with van der Waals surface area (Å²) in [5, 5.41) is 9.91. The van der Waals surface area contributed by atoms with Crippen molar-refractivity contribution in [2.45, 2.75) is 72.8 Å². The minimum absolute atomic E-state index is 0.0965. The molecule has 0 aromatic rings. The normalized spacial score (nSPS) is 16.7. The van der Waals surface area contributed by atoms with Gasteiger partial charge in [-0.15, -0.1) is 0 Å². The highest BCUT2D eigenvalue weighted by molar-refractivity contribution is 4.72. The lowest BCUT2D eigenvalue weighted by atomic mass is 9.82. The predicted octanol–water partition coefficient (Wildman–Crippen LogP) is 4.00. The Morgan fingerprint density at radius 1 is 1.14 bits per heavy atom. The van der Waals surface area contributed by atoms with Gasteiger partial charge in [-0.25, -0.2) is 0 Å². The van der Waals surface area contributed by atoms with Gasteiger partial charge in [0, 0.05) is 0 Å². The van der Waals surface area contributed by atoms with E-state index in [1.54, 1.807) is 0 Å². The number of rotatable bonds is 6. The van der Waals surface area contributed by atoms with Gasteiger partial charge in [0.15, 0.2) is 0 Å². The number of hydrogen-bond donors (Lipinski definition) is 1. The van der Waals surface area contributed by atoms with Crippen LogP contribution in [0.1, 0.15) is 66.7 Å². The highest BCUT2D eigenvalue weighted by Gasteiger charge is 2.20. The summed E-state index contributed by atoms with van der Waals surface area (Å²) in [4.78, 5) is 0. The summed E-state index contributed by atoms with van der Waals surface area (Å²) >= 11 is 0. The lowest BCUT2D eigenvalue weighted by molar-refractivity contribution is 0.0812. The summed E-state index contributed by atoms with van der Waals surface area (Å²) in [5.74, 6) is 0.437. The predicted molar refractivity (Wildman–Crippen MR) is 63.4 cm³/mol. The fourth-order valence-electron chi connectivity index (χ4n) is 1.99. The van der Waals surface area contributed by atoms with Gasteiger partial charge in [0.1, 0.15) is 0 Å². The van der Waals surface area contributed by atoms with Gasteiger partial charge in [-0.3, -0.25) is 0 Å². The molecule has 1 N–H and O–H groups in total. The van der Waals surface area contributed by atoms with Crippen molar-refractivity contribution in [2.24, 2.45) is 11.3 Å². The van der Waals surface area contributed by atoms with Crippen molar-refractivity contribution in [3.8, 4) is 0 Å². The first-order valence-electron chi connectivity index (χ1n) is 6.05. The van der Waals surface area contributed by atoms with Gasteiger partial charge >= 0.3 is 0 Å². The first kappa shape index (κ1) is 14.0. The van der Waals surface area contributed by atoms with Gasteiger partial charge in [0.05, 0.1) is 6.10 Å². The van der Waals surface area contributed by atoms with Crippen molar-refractivity contribution in [3.63, 3.8) is 0 Å². The molecule has 0 heterocycles. The van der Waals surface area contributed by atoms with Crippen molar-refractivity contribution in [2.75, 3.05) is 0 Å². The number of hydrogen-bond acceptors (Lipinski definition) is 1. The molecule has 0 aromatic heterocycles. The van der Waals surface area contributed by atoms with Gasteiger partial charge in [0.2, 0.25) is 0 Å². The smallest absolute Gasteiger partial charge is 0.0566 e. The number of aliphatic hydroxyl groups excluding tert-OH is 1. The quantitative estimate of drug-likeness (QED) is 0.643. The van der Waals surface area contributed by atoms with E-state index in [-0.39, 0.29) is 6.10 Å². The second-order valence-electron chi connectivity index (χ2n) is 5.81. The van der Waals surface area contributed by atoms with Crippen molar-refractivity contribution in [1.29, 1.82) is 0 Å². The molecule has 0 fully saturated rings. The molecule has 1 nitrogen and oxygen atoms in total. The molecule has 1 heteroatoms. The summed E-state index contributed by atoms with van der Waals surface area (Å²) in [6, 6.07) is 0. The van der Waals surface area contributed by atoms with E-state index in [0.717, 1.165) is 12.8 Å². The average Bonchev–Trinajstić information content (AvgIpc) is 2.01. The molecule has 0 aliphatic rings. The topological polar surface area (TPSA) is 20.2 Å². The average molecular weight is 200 g/mol. The zero-order valence-corrected chi connectivity index (χ0v) is 10.6. The molecular weight excluding hydrogens is 172 g/mol. The third-order valence-electron chi connectivity index (χ3n) is 2.69. The summed E-state index contributed by atoms with van der Waals surface area (Å²) in [5.41, 5.74) is 0.338. The minimum atomic E-state index is -0.0965. The third-order valence-corrected chi connectivity index (χ3v) is 2.69. The van der Waals surface area contributed by atoms with E-state index >= 15 is 0 Å². The summed E-state index contributed by atoms with van der Waals surface area (Å²) in [7, 11) is 0. The maximum Gasteiger partial charge on any atom is 0.0566 e. The Balaban J connectivity index is 3.70. The maximum absolute atomic E-state index is 9.91. The van der Waals surface area contributed by atoms with Crippen LogP contribution in [0.15, 0.2) is 0 Å². The van der Waals surface area contributed by atoms with E-state index in [0.29, 0.717) is 11.3 Å². The Bertz CT molecular complexity index is 135. The van der Waals surface area contributed by atoms with E-state index in [4.69, 9.17) is 0 Å². The molecule has 0 bridgehead atoms. The second kappa shape index (κ2) is 6.44. The molecule has 0 aliphatic heterocycles. The lowest BCUT2D eigenvalue weighted by Gasteiger charge is -2.26. The molecule has 0 rings (SSSR count). The van der Waals surface area contributed by atoms with Gasteiger partial charge in [0.25, 0.3) is 0 Å². The molecule has 0 aromatic carbocycles. The van der Waals surface area contributed by atoms with Crippen molar-refractivity contribution in [1.82, 2.24) is 0 Å². The van der Waals surface area contributed by atoms with Crippen LogP contribution in [-0.4, -0.2) is 11.2 Å². The summed E-state index contributed by atoms with van der Waals surface area (Å²) < 4.78 is 0. The van der Waals surface area contributed by atoms with E-state index in [1.165, 1.54) is 19.3 Å². The minimum Gasteiger partial charge on any atom is -0.393 e. The lowest BCUT2D eigenvalue weighted by Crippen LogP contribution is -2.22. The van der Waals surface area contributed by atoms with Gasteiger partial charge in [-0.2, -0.15) is 0 Å². The summed E-state index contributed by atoms with van der Waals surface area (Å²) in [6.45, 7) is 11.1. The van der Waals surface area contributed by atoms with E-state index < -0.39 is 0 Å². The zero-order valence-electron chi connectivity index (χ0n) is 10.6. The third kappa shape index (κ3) is 7.37. The van der Waals surface area contributed by atoms with Crippen LogP contribution in [0, 0.1) is 11.3 Å². The SMILES string of the molecule is CCCCCC(O)C(C)CC(C)(C)C. The standard InChI is InChI=1S/C13H28O/c1-6-7-8-9-12(14)11(2)10-13(3,4)5/h11-12,14H,6-10H2,1-5H3. The highest BCUT2D eigenvalue weighted by atomic mass is 16.3. The maximum atomic E-state index is 9.91. The molecule has 0 radical (unpaired) electrons. The Hall–Kier alpha value is -0.0400. The molecule has 0 saturated heterocycles. The van der Waals surface area contributed by atoms with Crippen molar-refractivity contribution >= 4 is 0 Å². The van der Waals surface area contributed by atoms with Crippen LogP contribution in [0.25, 0.3) is 0 Å². The number of unbranched alkanes of at least 4 members (excludes halogenated alkanes) is 2. The molecule has 0 aliphatic carbocycles. The Kier molecular flexibility index (Phi) is 6.43. The molecular formula is C13H28O. The molecule has 2 atom stereocenters. The molecule has 2 unspecified atom stereocenters. The van der Waals surface area contributed by atoms with Crippen LogP contribution in [0.2, 0.25) is 0 Å². The van der Waals surface area contributed by atoms with E-state index in [1.807, 2.05) is 0 Å². The van der Waals surface area contributed by atoms with Crippen LogP contribution in [0.5, 0.6) is 0 Å². The van der Waals surface area contributed by atoms with Crippen LogP contribution in [0.3, 0.4) is 0 Å². The summed E-state index contributed by atoms with van der Waals surface area (Å²) in [6.07, 6.45) is 5.65. The van der Waals surface area contributed by atoms with Gasteiger partial charge in [-0.05, 0) is 24.2 Å². The second-order valence-corrected chi connectivity index (χ2v) is 5.81. The molecule has 14 heavy (non-hydrogen) atoms. The zero-order chi connectivity index (χ0) is 11.2.